The smallest absolute Gasteiger partial charge is 0.104 e. The molecule has 0 aromatic carbocycles. The average Bonchev–Trinajstić information content (AvgIpc) is 2.32. The zero-order valence-corrected chi connectivity index (χ0v) is 12.0. The van der Waals surface area contributed by atoms with E-state index >= 15 is 0 Å². The fourth-order valence-electron chi connectivity index (χ4n) is 1.85. The lowest BCUT2D eigenvalue weighted by Gasteiger charge is -2.18. The molecule has 3 heteroatoms. The lowest BCUT2D eigenvalue weighted by molar-refractivity contribution is 0.120. The first-order chi connectivity index (χ1) is 8.20. The molecule has 0 fully saturated rings. The largest absolute Gasteiger partial charge is 0.379 e. The molecule has 0 amide bonds. The van der Waals surface area contributed by atoms with Crippen molar-refractivity contribution in [2.45, 2.75) is 78.0 Å². The Labute approximate surface area is 107 Å². The molecule has 0 bridgehead atoms. The highest BCUT2D eigenvalue weighted by Crippen LogP contribution is 2.03. The minimum absolute atomic E-state index is 0.338. The van der Waals surface area contributed by atoms with E-state index in [-0.39, 0.29) is 6.23 Å². The third-order valence-electron chi connectivity index (χ3n) is 3.02. The topological polar surface area (TPSA) is 44.3 Å². The highest BCUT2D eigenvalue weighted by atomic mass is 16.3. The van der Waals surface area contributed by atoms with E-state index in [9.17, 15) is 5.11 Å². The molecule has 17 heavy (non-hydrogen) atoms. The van der Waals surface area contributed by atoms with Gasteiger partial charge in [-0.2, -0.15) is 0 Å². The van der Waals surface area contributed by atoms with E-state index in [0.29, 0.717) is 6.04 Å². The van der Waals surface area contributed by atoms with Crippen LogP contribution in [0.2, 0.25) is 0 Å². The van der Waals surface area contributed by atoms with Crippen molar-refractivity contribution in [1.29, 1.82) is 0 Å². The molecule has 3 N–H and O–H groups in total. The molecule has 0 rings (SSSR count). The monoisotopic (exact) mass is 244 g/mol. The lowest BCUT2D eigenvalue weighted by Crippen LogP contribution is -2.42. The van der Waals surface area contributed by atoms with Crippen molar-refractivity contribution in [2.75, 3.05) is 13.1 Å². The van der Waals surface area contributed by atoms with E-state index in [1.165, 1.54) is 38.5 Å². The van der Waals surface area contributed by atoms with Crippen molar-refractivity contribution < 1.29 is 5.11 Å². The van der Waals surface area contributed by atoms with Crippen LogP contribution in [0.1, 0.15) is 65.7 Å². The van der Waals surface area contributed by atoms with Crippen LogP contribution in [0.3, 0.4) is 0 Å². The van der Waals surface area contributed by atoms with E-state index in [4.69, 9.17) is 0 Å². The summed E-state index contributed by atoms with van der Waals surface area (Å²) in [6.45, 7) is 8.37. The highest BCUT2D eigenvalue weighted by Gasteiger charge is 2.05. The van der Waals surface area contributed by atoms with Crippen LogP contribution < -0.4 is 10.6 Å². The SMILES string of the molecule is CCCCCCCCNCC(C)NC(O)CC. The van der Waals surface area contributed by atoms with Crippen LogP contribution in [0.15, 0.2) is 0 Å². The fraction of sp³-hybridized carbons (Fsp3) is 1.00. The van der Waals surface area contributed by atoms with Crippen molar-refractivity contribution in [3.63, 3.8) is 0 Å². The molecule has 0 aliphatic heterocycles. The molecule has 0 heterocycles. The van der Waals surface area contributed by atoms with Crippen molar-refractivity contribution in [3.05, 3.63) is 0 Å². The van der Waals surface area contributed by atoms with Gasteiger partial charge in [0.1, 0.15) is 6.23 Å². The number of aliphatic hydroxyl groups is 1. The number of hydrogen-bond acceptors (Lipinski definition) is 3. The van der Waals surface area contributed by atoms with Crippen LogP contribution in [0.5, 0.6) is 0 Å². The highest BCUT2D eigenvalue weighted by molar-refractivity contribution is 4.65. The molecule has 104 valence electrons. The molecular formula is C14H32N2O. The average molecular weight is 244 g/mol. The Balaban J connectivity index is 3.16. The molecule has 0 aromatic rings. The molecule has 3 nitrogen and oxygen atoms in total. The Kier molecular flexibility index (Phi) is 12.3. The fourth-order valence-corrected chi connectivity index (χ4v) is 1.85. The quantitative estimate of drug-likeness (QED) is 0.365. The molecule has 2 unspecified atom stereocenters. The first-order valence-corrected chi connectivity index (χ1v) is 7.35. The van der Waals surface area contributed by atoms with Gasteiger partial charge in [-0.3, -0.25) is 5.32 Å². The van der Waals surface area contributed by atoms with Gasteiger partial charge in [-0.15, -0.1) is 0 Å². The zero-order chi connectivity index (χ0) is 12.9. The van der Waals surface area contributed by atoms with Gasteiger partial charge in [-0.25, -0.2) is 0 Å². The summed E-state index contributed by atoms with van der Waals surface area (Å²) < 4.78 is 0. The van der Waals surface area contributed by atoms with Crippen molar-refractivity contribution in [2.24, 2.45) is 0 Å². The van der Waals surface area contributed by atoms with Crippen LogP contribution >= 0.6 is 0 Å². The van der Waals surface area contributed by atoms with Gasteiger partial charge in [-0.1, -0.05) is 46.0 Å². The molecule has 0 saturated carbocycles. The van der Waals surface area contributed by atoms with Crippen LogP contribution in [-0.2, 0) is 0 Å². The summed E-state index contributed by atoms with van der Waals surface area (Å²) in [7, 11) is 0. The Hall–Kier alpha value is -0.120. The number of aliphatic hydroxyl groups excluding tert-OH is 1. The third-order valence-corrected chi connectivity index (χ3v) is 3.02. The van der Waals surface area contributed by atoms with Gasteiger partial charge in [0, 0.05) is 12.6 Å². The van der Waals surface area contributed by atoms with Crippen LogP contribution in [0, 0.1) is 0 Å². The van der Waals surface area contributed by atoms with Crippen LogP contribution in [0.4, 0.5) is 0 Å². The predicted molar refractivity (Wildman–Crippen MR) is 75.1 cm³/mol. The third kappa shape index (κ3) is 12.1. The second kappa shape index (κ2) is 12.3. The predicted octanol–water partition coefficient (Wildman–Crippen LogP) is 2.64. The molecule has 0 aliphatic carbocycles. The van der Waals surface area contributed by atoms with E-state index in [1.807, 2.05) is 6.92 Å². The summed E-state index contributed by atoms with van der Waals surface area (Å²) in [5.74, 6) is 0. The molecule has 0 aliphatic rings. The number of nitrogens with one attached hydrogen (secondary N) is 2. The van der Waals surface area contributed by atoms with Crippen LogP contribution in [-0.4, -0.2) is 30.5 Å². The van der Waals surface area contributed by atoms with E-state index in [0.717, 1.165) is 19.5 Å². The number of unbranched alkanes of at least 4 members (excludes halogenated alkanes) is 5. The summed E-state index contributed by atoms with van der Waals surface area (Å²) in [5.41, 5.74) is 0. The normalized spacial score (nSPS) is 14.8. The summed E-state index contributed by atoms with van der Waals surface area (Å²) in [4.78, 5) is 0. The molecule has 0 saturated heterocycles. The second-order valence-electron chi connectivity index (χ2n) is 4.96. The molecule has 0 spiro atoms. The van der Waals surface area contributed by atoms with Gasteiger partial charge in [0.15, 0.2) is 0 Å². The van der Waals surface area contributed by atoms with E-state index < -0.39 is 0 Å². The maximum Gasteiger partial charge on any atom is 0.104 e. The first-order valence-electron chi connectivity index (χ1n) is 7.35. The number of hydrogen-bond donors (Lipinski definition) is 3. The Morgan fingerprint density at radius 1 is 1.00 bits per heavy atom. The first kappa shape index (κ1) is 16.9. The maximum absolute atomic E-state index is 9.41. The van der Waals surface area contributed by atoms with Gasteiger partial charge in [-0.05, 0) is 26.3 Å². The van der Waals surface area contributed by atoms with E-state index in [2.05, 4.69) is 24.5 Å². The van der Waals surface area contributed by atoms with Crippen LogP contribution in [0.25, 0.3) is 0 Å². The van der Waals surface area contributed by atoms with Gasteiger partial charge >= 0.3 is 0 Å². The zero-order valence-electron chi connectivity index (χ0n) is 12.0. The molecule has 0 radical (unpaired) electrons. The Morgan fingerprint density at radius 3 is 2.29 bits per heavy atom. The molecular weight excluding hydrogens is 212 g/mol. The van der Waals surface area contributed by atoms with Crippen molar-refractivity contribution >= 4 is 0 Å². The number of rotatable bonds is 12. The van der Waals surface area contributed by atoms with Crippen molar-refractivity contribution in [3.8, 4) is 0 Å². The standard InChI is InChI=1S/C14H32N2O/c1-4-6-7-8-9-10-11-15-12-13(3)16-14(17)5-2/h13-17H,4-12H2,1-3H3. The van der Waals surface area contributed by atoms with Crippen molar-refractivity contribution in [1.82, 2.24) is 10.6 Å². The van der Waals surface area contributed by atoms with Gasteiger partial charge in [0.25, 0.3) is 0 Å². The summed E-state index contributed by atoms with van der Waals surface area (Å²) in [5, 5.41) is 16.0. The minimum Gasteiger partial charge on any atom is -0.379 e. The summed E-state index contributed by atoms with van der Waals surface area (Å²) >= 11 is 0. The maximum atomic E-state index is 9.41. The Morgan fingerprint density at radius 2 is 1.65 bits per heavy atom. The summed E-state index contributed by atoms with van der Waals surface area (Å²) in [6.07, 6.45) is 8.47. The molecule has 2 atom stereocenters. The Bertz CT molecular complexity index is 153. The molecule has 0 aromatic heterocycles. The van der Waals surface area contributed by atoms with Gasteiger partial charge in [0.05, 0.1) is 0 Å². The lowest BCUT2D eigenvalue weighted by atomic mass is 10.1. The van der Waals surface area contributed by atoms with Gasteiger partial charge in [0.2, 0.25) is 0 Å². The second-order valence-corrected chi connectivity index (χ2v) is 4.96. The minimum atomic E-state index is -0.360. The van der Waals surface area contributed by atoms with Gasteiger partial charge < -0.3 is 10.4 Å². The summed E-state index contributed by atoms with van der Waals surface area (Å²) in [6, 6.07) is 0.338. The van der Waals surface area contributed by atoms with E-state index in [1.54, 1.807) is 0 Å².